The zero-order chi connectivity index (χ0) is 28.8. The molecule has 0 aromatic carbocycles. The molecule has 0 saturated heterocycles. The zero-order valence-corrected chi connectivity index (χ0v) is 21.5. The first kappa shape index (κ1) is 31.1. The quantitative estimate of drug-likeness (QED) is 0.315. The van der Waals surface area contributed by atoms with Gasteiger partial charge in [-0.1, -0.05) is 38.2 Å². The molecule has 8 atom stereocenters. The number of fused-ring (bicyclic) bond motifs is 1. The van der Waals surface area contributed by atoms with Gasteiger partial charge in [0, 0.05) is 6.42 Å². The van der Waals surface area contributed by atoms with Gasteiger partial charge in [0.15, 0.2) is 0 Å². The zero-order valence-electron chi connectivity index (χ0n) is 21.5. The predicted octanol–water partition coefficient (Wildman–Crippen LogP) is 5.71. The van der Waals surface area contributed by atoms with E-state index < -0.39 is 54.8 Å². The van der Waals surface area contributed by atoms with Crippen LogP contribution in [0.5, 0.6) is 0 Å². The first-order valence-corrected chi connectivity index (χ1v) is 13.0. The van der Waals surface area contributed by atoms with Crippen LogP contribution in [-0.2, 0) is 0 Å². The molecule has 38 heavy (non-hydrogen) atoms. The molecule has 2 unspecified atom stereocenters. The van der Waals surface area contributed by atoms with E-state index in [1.807, 2.05) is 19.1 Å². The molecular weight excluding hydrogens is 521 g/mol. The molecule has 0 spiro atoms. The molecule has 3 saturated carbocycles. The molecule has 3 aliphatic rings. The summed E-state index contributed by atoms with van der Waals surface area (Å²) in [5.74, 6) is -0.800. The summed E-state index contributed by atoms with van der Waals surface area (Å²) in [7, 11) is 0. The molecule has 4 N–H and O–H groups in total. The lowest BCUT2D eigenvalue weighted by Gasteiger charge is -2.45. The van der Waals surface area contributed by atoms with E-state index in [0.717, 1.165) is 30.4 Å². The standard InChI is InChI=1S/C27H37F7O4/c1-14(11-21(28)23(37)25(38,26(29,30)31)27(32,33)34)19-8-9-20-16(5-4-10-24(19,20)3)6-7-17-12-18(35)13-22(36)15(17)2/h6-7,14,18-23,35-38H,2,4-5,8-13H2,1,3H3/b16-6?,17-7-/t14-,18-,19-,20?,21+,22-,23?,24-/m1/s1. The topological polar surface area (TPSA) is 80.9 Å². The van der Waals surface area contributed by atoms with Crippen molar-refractivity contribution in [2.45, 2.75) is 108 Å². The Hall–Kier alpha value is -1.43. The fraction of sp³-hybridized carbons (Fsp3) is 0.778. The summed E-state index contributed by atoms with van der Waals surface area (Å²) in [6.07, 6.45) is -13.5. The second-order valence-electron chi connectivity index (χ2n) is 11.6. The Morgan fingerprint density at radius 1 is 1.08 bits per heavy atom. The second-order valence-corrected chi connectivity index (χ2v) is 11.6. The van der Waals surface area contributed by atoms with Crippen LogP contribution in [0.25, 0.3) is 0 Å². The molecule has 4 nitrogen and oxygen atoms in total. The first-order valence-electron chi connectivity index (χ1n) is 13.0. The van der Waals surface area contributed by atoms with E-state index in [-0.39, 0.29) is 23.7 Å². The lowest BCUT2D eigenvalue weighted by molar-refractivity contribution is -0.396. The maximum absolute atomic E-state index is 14.8. The average Bonchev–Trinajstić information content (AvgIpc) is 3.15. The van der Waals surface area contributed by atoms with E-state index in [2.05, 4.69) is 6.58 Å². The Balaban J connectivity index is 1.77. The van der Waals surface area contributed by atoms with Crippen molar-refractivity contribution in [1.82, 2.24) is 0 Å². The maximum atomic E-state index is 14.8. The molecule has 0 bridgehead atoms. The Bertz CT molecular complexity index is 927. The molecule has 3 rings (SSSR count). The lowest BCUT2D eigenvalue weighted by Crippen LogP contribution is -2.66. The Morgan fingerprint density at radius 2 is 1.68 bits per heavy atom. The molecule has 0 aliphatic heterocycles. The summed E-state index contributed by atoms with van der Waals surface area (Å²) >= 11 is 0. The molecule has 3 fully saturated rings. The first-order chi connectivity index (χ1) is 17.3. The molecule has 0 heterocycles. The van der Waals surface area contributed by atoms with Crippen molar-refractivity contribution in [3.8, 4) is 0 Å². The number of hydrogen-bond acceptors (Lipinski definition) is 4. The van der Waals surface area contributed by atoms with Gasteiger partial charge in [0.25, 0.3) is 5.60 Å². The minimum atomic E-state index is -6.31. The smallest absolute Gasteiger partial charge is 0.393 e. The van der Waals surface area contributed by atoms with Crippen LogP contribution < -0.4 is 0 Å². The fourth-order valence-electron chi connectivity index (χ4n) is 7.09. The number of aliphatic hydroxyl groups excluding tert-OH is 3. The minimum absolute atomic E-state index is 0.0671. The molecule has 218 valence electrons. The van der Waals surface area contributed by atoms with Crippen LogP contribution in [0.4, 0.5) is 30.7 Å². The third kappa shape index (κ3) is 5.58. The summed E-state index contributed by atoms with van der Waals surface area (Å²) in [6, 6.07) is 0. The summed E-state index contributed by atoms with van der Waals surface area (Å²) in [6.45, 7) is 7.47. The molecule has 0 radical (unpaired) electrons. The van der Waals surface area contributed by atoms with Crippen LogP contribution in [0.2, 0.25) is 0 Å². The summed E-state index contributed by atoms with van der Waals surface area (Å²) in [4.78, 5) is 0. The molecule has 0 aromatic heterocycles. The minimum Gasteiger partial charge on any atom is -0.393 e. The molecule has 0 aromatic rings. The van der Waals surface area contributed by atoms with Crippen LogP contribution in [0.1, 0.15) is 65.2 Å². The number of allylic oxidation sites excluding steroid dienone is 3. The van der Waals surface area contributed by atoms with E-state index in [9.17, 15) is 51.2 Å². The highest BCUT2D eigenvalue weighted by atomic mass is 19.4. The van der Waals surface area contributed by atoms with Gasteiger partial charge in [-0.25, -0.2) is 4.39 Å². The van der Waals surface area contributed by atoms with Crippen LogP contribution in [0, 0.1) is 23.2 Å². The Morgan fingerprint density at radius 3 is 2.26 bits per heavy atom. The Kier molecular flexibility index (Phi) is 8.89. The molecule has 0 amide bonds. The highest BCUT2D eigenvalue weighted by molar-refractivity contribution is 5.38. The van der Waals surface area contributed by atoms with E-state index >= 15 is 0 Å². The van der Waals surface area contributed by atoms with E-state index in [4.69, 9.17) is 0 Å². The molecule has 11 heteroatoms. The van der Waals surface area contributed by atoms with Crippen molar-refractivity contribution >= 4 is 0 Å². The van der Waals surface area contributed by atoms with Gasteiger partial charge < -0.3 is 20.4 Å². The second kappa shape index (κ2) is 10.9. The van der Waals surface area contributed by atoms with Crippen LogP contribution in [-0.4, -0.2) is 62.9 Å². The predicted molar refractivity (Wildman–Crippen MR) is 126 cm³/mol. The third-order valence-corrected chi connectivity index (χ3v) is 9.22. The van der Waals surface area contributed by atoms with Crippen molar-refractivity contribution in [2.24, 2.45) is 23.2 Å². The van der Waals surface area contributed by atoms with Crippen molar-refractivity contribution < 1.29 is 51.2 Å². The summed E-state index contributed by atoms with van der Waals surface area (Å²) < 4.78 is 93.5. The number of alkyl halides is 7. The summed E-state index contributed by atoms with van der Waals surface area (Å²) in [5.41, 5.74) is -3.54. The maximum Gasteiger partial charge on any atom is 0.429 e. The van der Waals surface area contributed by atoms with E-state index in [1.54, 1.807) is 6.92 Å². The highest BCUT2D eigenvalue weighted by Gasteiger charge is 2.75. The van der Waals surface area contributed by atoms with Gasteiger partial charge >= 0.3 is 12.4 Å². The normalized spacial score (nSPS) is 35.9. The number of halogens is 7. The van der Waals surface area contributed by atoms with Crippen molar-refractivity contribution in [3.63, 3.8) is 0 Å². The average molecular weight is 559 g/mol. The van der Waals surface area contributed by atoms with Gasteiger partial charge in [0.05, 0.1) is 12.2 Å². The van der Waals surface area contributed by atoms with Gasteiger partial charge in [0.1, 0.15) is 12.3 Å². The van der Waals surface area contributed by atoms with Crippen molar-refractivity contribution in [3.05, 3.63) is 35.5 Å². The van der Waals surface area contributed by atoms with Gasteiger partial charge in [-0.3, -0.25) is 0 Å². The fourth-order valence-corrected chi connectivity index (χ4v) is 7.09. The third-order valence-electron chi connectivity index (χ3n) is 9.22. The van der Waals surface area contributed by atoms with E-state index in [1.165, 1.54) is 0 Å². The number of rotatable bonds is 6. The number of aliphatic hydroxyl groups is 4. The number of hydrogen-bond donors (Lipinski definition) is 4. The molecular formula is C27H37F7O4. The van der Waals surface area contributed by atoms with Gasteiger partial charge in [-0.15, -0.1) is 0 Å². The van der Waals surface area contributed by atoms with Crippen LogP contribution in [0.3, 0.4) is 0 Å². The van der Waals surface area contributed by atoms with Gasteiger partial charge in [-0.05, 0) is 79.3 Å². The van der Waals surface area contributed by atoms with Crippen molar-refractivity contribution in [2.75, 3.05) is 0 Å². The van der Waals surface area contributed by atoms with E-state index in [0.29, 0.717) is 24.8 Å². The van der Waals surface area contributed by atoms with Crippen LogP contribution in [0.15, 0.2) is 35.5 Å². The van der Waals surface area contributed by atoms with Crippen LogP contribution >= 0.6 is 0 Å². The van der Waals surface area contributed by atoms with Gasteiger partial charge in [0.2, 0.25) is 0 Å². The summed E-state index contributed by atoms with van der Waals surface area (Å²) in [5, 5.41) is 39.2. The highest BCUT2D eigenvalue weighted by Crippen LogP contribution is 2.60. The van der Waals surface area contributed by atoms with Crippen molar-refractivity contribution in [1.29, 1.82) is 0 Å². The SMILES string of the molecule is C=C1/C(=C\C=C2CCC[C@@]3(C)C2CC[C@@H]3[C@H](C)C[C@H](F)C(O)C(O)(C(F)(F)F)C(F)(F)F)C[C@@H](O)C[C@H]1O. The van der Waals surface area contributed by atoms with Gasteiger partial charge in [-0.2, -0.15) is 26.3 Å². The largest absolute Gasteiger partial charge is 0.429 e. The lowest BCUT2D eigenvalue weighted by atomic mass is 9.60. The molecule has 3 aliphatic carbocycles. The Labute approximate surface area is 217 Å². The monoisotopic (exact) mass is 558 g/mol.